The maximum absolute atomic E-state index is 9.00. The summed E-state index contributed by atoms with van der Waals surface area (Å²) in [6.45, 7) is 5.81. The fraction of sp³-hybridized carbons (Fsp3) is 0.636. The van der Waals surface area contributed by atoms with Gasteiger partial charge in [-0.1, -0.05) is 6.08 Å². The van der Waals surface area contributed by atoms with E-state index in [-0.39, 0.29) is 6.61 Å². The fourth-order valence-electron chi connectivity index (χ4n) is 0.583. The Morgan fingerprint density at radius 1 is 1.18 bits per heavy atom. The maximum atomic E-state index is 9.00. The second kappa shape index (κ2) is 17.0. The summed E-state index contributed by atoms with van der Waals surface area (Å²) in [6, 6.07) is 0. The second-order valence-electron chi connectivity index (χ2n) is 3.06. The van der Waals surface area contributed by atoms with Crippen LogP contribution in [0, 0.1) is 0 Å². The van der Waals surface area contributed by atoms with Crippen molar-refractivity contribution in [1.29, 1.82) is 0 Å². The predicted octanol–water partition coefficient (Wildman–Crippen LogP) is 0.878. The highest BCUT2D eigenvalue weighted by Gasteiger charge is 1.95. The summed E-state index contributed by atoms with van der Waals surface area (Å²) in [5.74, 6) is -1.67. The van der Waals surface area contributed by atoms with E-state index in [1.807, 2.05) is 0 Å². The van der Waals surface area contributed by atoms with Gasteiger partial charge in [0.15, 0.2) is 0 Å². The van der Waals surface area contributed by atoms with E-state index >= 15 is 0 Å². The molecule has 0 aliphatic rings. The van der Waals surface area contributed by atoms with Crippen LogP contribution in [0.2, 0.25) is 0 Å². The van der Waals surface area contributed by atoms with Gasteiger partial charge < -0.3 is 20.4 Å². The molecule has 17 heavy (non-hydrogen) atoms. The summed E-state index contributed by atoms with van der Waals surface area (Å²) in [4.78, 5) is 18.0. The molecule has 1 atom stereocenters. The van der Waals surface area contributed by atoms with Gasteiger partial charge in [-0.2, -0.15) is 0 Å². The molecule has 0 saturated carbocycles. The smallest absolute Gasteiger partial charge is 0.300 e. The Morgan fingerprint density at radius 2 is 1.53 bits per heavy atom. The molecule has 0 aliphatic heterocycles. The van der Waals surface area contributed by atoms with Gasteiger partial charge in [0.1, 0.15) is 0 Å². The number of hydrogen-bond acceptors (Lipinski definition) is 4. The lowest BCUT2D eigenvalue weighted by Gasteiger charge is -2.01. The first kappa shape index (κ1) is 20.9. The molecule has 6 nitrogen and oxygen atoms in total. The maximum Gasteiger partial charge on any atom is 0.300 e. The van der Waals surface area contributed by atoms with Gasteiger partial charge in [-0.25, -0.2) is 0 Å². The minimum absolute atomic E-state index is 0.212. The molecule has 0 heterocycles. The van der Waals surface area contributed by atoms with Crippen LogP contribution in [-0.4, -0.2) is 45.1 Å². The molecule has 0 bridgehead atoms. The van der Waals surface area contributed by atoms with Gasteiger partial charge in [0.25, 0.3) is 11.9 Å². The molecule has 0 spiro atoms. The van der Waals surface area contributed by atoms with Gasteiger partial charge in [-0.15, -0.1) is 6.58 Å². The standard InChI is InChI=1S/C7H14O2.2C2H4O2/c1-2-7(9)5-3-4-6-8;2*1-2(3)4/h2,7-9H,1,3-6H2;2*1H3,(H,3,4). The number of carboxylic acid groups (broad SMARTS) is 2. The van der Waals surface area contributed by atoms with Crippen molar-refractivity contribution in [3.8, 4) is 0 Å². The van der Waals surface area contributed by atoms with Crippen LogP contribution in [0.25, 0.3) is 0 Å². The van der Waals surface area contributed by atoms with E-state index in [0.717, 1.165) is 26.7 Å². The van der Waals surface area contributed by atoms with E-state index in [9.17, 15) is 0 Å². The molecular weight excluding hydrogens is 228 g/mol. The zero-order valence-corrected chi connectivity index (χ0v) is 10.3. The normalized spacial score (nSPS) is 9.88. The minimum atomic E-state index is -0.833. The third kappa shape index (κ3) is 73.9. The molecule has 102 valence electrons. The number of hydrogen-bond donors (Lipinski definition) is 4. The van der Waals surface area contributed by atoms with Gasteiger partial charge in [0.05, 0.1) is 6.10 Å². The molecule has 0 fully saturated rings. The lowest BCUT2D eigenvalue weighted by molar-refractivity contribution is -0.135. The van der Waals surface area contributed by atoms with Gasteiger partial charge >= 0.3 is 0 Å². The largest absolute Gasteiger partial charge is 0.481 e. The van der Waals surface area contributed by atoms with Crippen LogP contribution < -0.4 is 0 Å². The highest BCUT2D eigenvalue weighted by atomic mass is 16.4. The number of carbonyl (C=O) groups is 2. The van der Waals surface area contributed by atoms with E-state index in [4.69, 9.17) is 30.0 Å². The molecule has 0 radical (unpaired) electrons. The zero-order chi connectivity index (χ0) is 14.3. The van der Waals surface area contributed by atoms with Gasteiger partial charge in [0, 0.05) is 20.5 Å². The number of aliphatic carboxylic acids is 2. The van der Waals surface area contributed by atoms with Crippen molar-refractivity contribution in [3.63, 3.8) is 0 Å². The lowest BCUT2D eigenvalue weighted by atomic mass is 10.1. The van der Waals surface area contributed by atoms with Crippen molar-refractivity contribution >= 4 is 11.9 Å². The Morgan fingerprint density at radius 3 is 1.76 bits per heavy atom. The zero-order valence-electron chi connectivity index (χ0n) is 10.3. The molecule has 0 aromatic carbocycles. The van der Waals surface area contributed by atoms with E-state index in [2.05, 4.69) is 6.58 Å². The van der Waals surface area contributed by atoms with Crippen LogP contribution in [0.3, 0.4) is 0 Å². The monoisotopic (exact) mass is 250 g/mol. The summed E-state index contributed by atoms with van der Waals surface area (Å²) in [6.07, 6.45) is 3.47. The van der Waals surface area contributed by atoms with Crippen LogP contribution in [0.15, 0.2) is 12.7 Å². The highest BCUT2D eigenvalue weighted by molar-refractivity contribution is 5.63. The quantitative estimate of drug-likeness (QED) is 0.425. The van der Waals surface area contributed by atoms with Crippen molar-refractivity contribution in [2.45, 2.75) is 39.2 Å². The summed E-state index contributed by atoms with van der Waals surface area (Å²) in [5, 5.41) is 32.1. The van der Waals surface area contributed by atoms with Crippen molar-refractivity contribution in [2.75, 3.05) is 6.61 Å². The highest BCUT2D eigenvalue weighted by Crippen LogP contribution is 1.99. The van der Waals surface area contributed by atoms with E-state index < -0.39 is 18.0 Å². The Labute approximate surface area is 101 Å². The summed E-state index contributed by atoms with van der Waals surface area (Å²) >= 11 is 0. The van der Waals surface area contributed by atoms with Crippen LogP contribution in [0.5, 0.6) is 0 Å². The third-order valence-corrected chi connectivity index (χ3v) is 1.18. The topological polar surface area (TPSA) is 115 Å². The van der Waals surface area contributed by atoms with Crippen LogP contribution in [0.4, 0.5) is 0 Å². The molecule has 0 aromatic rings. The number of carboxylic acids is 2. The lowest BCUT2D eigenvalue weighted by Crippen LogP contribution is -2.00. The summed E-state index contributed by atoms with van der Waals surface area (Å²) < 4.78 is 0. The first-order valence-electron chi connectivity index (χ1n) is 5.08. The first-order chi connectivity index (χ1) is 7.77. The number of aliphatic hydroxyl groups excluding tert-OH is 2. The van der Waals surface area contributed by atoms with Crippen molar-refractivity contribution in [1.82, 2.24) is 0 Å². The average Bonchev–Trinajstić information content (AvgIpc) is 2.16. The minimum Gasteiger partial charge on any atom is -0.481 e. The molecule has 4 N–H and O–H groups in total. The number of unbranched alkanes of at least 4 members (excludes halogenated alkanes) is 1. The third-order valence-electron chi connectivity index (χ3n) is 1.18. The SMILES string of the molecule is C=CC(O)CCCCO.CC(=O)O.CC(=O)O. The van der Waals surface area contributed by atoms with Gasteiger partial charge in [0.2, 0.25) is 0 Å². The van der Waals surface area contributed by atoms with Gasteiger partial charge in [-0.05, 0) is 19.3 Å². The van der Waals surface area contributed by atoms with Crippen molar-refractivity contribution in [3.05, 3.63) is 12.7 Å². The van der Waals surface area contributed by atoms with Gasteiger partial charge in [-0.3, -0.25) is 9.59 Å². The fourth-order valence-corrected chi connectivity index (χ4v) is 0.583. The molecule has 0 rings (SSSR count). The predicted molar refractivity (Wildman–Crippen MR) is 63.8 cm³/mol. The molecule has 1 unspecified atom stereocenters. The van der Waals surface area contributed by atoms with E-state index in [1.165, 1.54) is 6.08 Å². The van der Waals surface area contributed by atoms with Crippen LogP contribution >= 0.6 is 0 Å². The number of aliphatic hydroxyl groups is 2. The average molecular weight is 250 g/mol. The summed E-state index contributed by atoms with van der Waals surface area (Å²) in [7, 11) is 0. The van der Waals surface area contributed by atoms with Crippen LogP contribution in [0.1, 0.15) is 33.1 Å². The van der Waals surface area contributed by atoms with E-state index in [1.54, 1.807) is 0 Å². The number of rotatable bonds is 5. The van der Waals surface area contributed by atoms with Crippen molar-refractivity contribution < 1.29 is 30.0 Å². The molecule has 0 amide bonds. The molecule has 0 aromatic heterocycles. The Kier molecular flexibility index (Phi) is 21.0. The van der Waals surface area contributed by atoms with Crippen LogP contribution in [-0.2, 0) is 9.59 Å². The Bertz CT molecular complexity index is 182. The molecule has 0 saturated heterocycles. The van der Waals surface area contributed by atoms with E-state index in [0.29, 0.717) is 6.42 Å². The summed E-state index contributed by atoms with van der Waals surface area (Å²) in [5.41, 5.74) is 0. The van der Waals surface area contributed by atoms with Crippen molar-refractivity contribution in [2.24, 2.45) is 0 Å². The molecular formula is C11H22O6. The Hall–Kier alpha value is -1.40. The first-order valence-corrected chi connectivity index (χ1v) is 5.08. The molecule has 6 heteroatoms. The Balaban J connectivity index is -0.000000205. The second-order valence-corrected chi connectivity index (χ2v) is 3.06. The molecule has 0 aliphatic carbocycles.